The number of rotatable bonds is 9. The molecule has 0 bridgehead atoms. The summed E-state index contributed by atoms with van der Waals surface area (Å²) in [5.74, 6) is -0.339. The monoisotopic (exact) mass is 282 g/mol. The molecule has 0 radical (unpaired) electrons. The number of carbonyl (C=O) groups is 2. The van der Waals surface area contributed by atoms with Crippen molar-refractivity contribution >= 4 is 11.9 Å². The Morgan fingerprint density at radius 3 is 2.60 bits per heavy atom. The average Bonchev–Trinajstić information content (AvgIpc) is 2.94. The van der Waals surface area contributed by atoms with Crippen LogP contribution in [0.15, 0.2) is 6.33 Å². The van der Waals surface area contributed by atoms with Gasteiger partial charge in [-0.2, -0.15) is 5.10 Å². The van der Waals surface area contributed by atoms with Crippen LogP contribution in [-0.4, -0.2) is 38.7 Å². The maximum atomic E-state index is 11.8. The number of aryl methyl sites for hydroxylation is 1. The summed E-state index contributed by atoms with van der Waals surface area (Å²) in [6.45, 7) is 4.10. The Morgan fingerprint density at radius 2 is 2.10 bits per heavy atom. The van der Waals surface area contributed by atoms with Crippen LogP contribution >= 0.6 is 0 Å². The van der Waals surface area contributed by atoms with Gasteiger partial charge in [-0.3, -0.25) is 14.7 Å². The molecule has 0 aromatic carbocycles. The van der Waals surface area contributed by atoms with Crippen LogP contribution in [0.1, 0.15) is 45.4 Å². The Hall–Kier alpha value is -1.92. The molecule has 7 nitrogen and oxygen atoms in total. The van der Waals surface area contributed by atoms with Crippen LogP contribution in [0.2, 0.25) is 0 Å². The molecule has 0 aliphatic carbocycles. The summed E-state index contributed by atoms with van der Waals surface area (Å²) in [5, 5.41) is 18.5. The standard InChI is InChI=1S/C13H22N4O3/c1-3-13(4-2,12(19)20)8-11(18)14-7-5-6-10-15-9-16-17-10/h9H,3-8H2,1-2H3,(H,14,18)(H,19,20)(H,15,16,17). The SMILES string of the molecule is CCC(CC)(CC(=O)NCCCc1ncn[nH]1)C(=O)O. The molecule has 1 aromatic rings. The highest BCUT2D eigenvalue weighted by Crippen LogP contribution is 2.30. The Labute approximate surface area is 118 Å². The minimum atomic E-state index is -0.949. The van der Waals surface area contributed by atoms with Crippen molar-refractivity contribution in [3.05, 3.63) is 12.2 Å². The van der Waals surface area contributed by atoms with Crippen molar-refractivity contribution in [2.75, 3.05) is 6.54 Å². The molecule has 112 valence electrons. The first-order valence-electron chi connectivity index (χ1n) is 6.88. The normalized spacial score (nSPS) is 11.3. The van der Waals surface area contributed by atoms with Crippen molar-refractivity contribution in [2.45, 2.75) is 46.0 Å². The molecule has 0 saturated carbocycles. The first-order valence-corrected chi connectivity index (χ1v) is 6.88. The van der Waals surface area contributed by atoms with E-state index in [2.05, 4.69) is 20.5 Å². The molecular formula is C13H22N4O3. The van der Waals surface area contributed by atoms with Gasteiger partial charge in [-0.15, -0.1) is 0 Å². The smallest absolute Gasteiger partial charge is 0.310 e. The minimum absolute atomic E-state index is 0.0254. The van der Waals surface area contributed by atoms with Crippen molar-refractivity contribution in [3.8, 4) is 0 Å². The third-order valence-electron chi connectivity index (χ3n) is 3.68. The average molecular weight is 282 g/mol. The predicted molar refractivity (Wildman–Crippen MR) is 73.0 cm³/mol. The Morgan fingerprint density at radius 1 is 1.40 bits per heavy atom. The summed E-state index contributed by atoms with van der Waals surface area (Å²) < 4.78 is 0. The number of H-pyrrole nitrogens is 1. The van der Waals surface area contributed by atoms with Crippen molar-refractivity contribution in [1.82, 2.24) is 20.5 Å². The van der Waals surface area contributed by atoms with E-state index in [0.717, 1.165) is 12.2 Å². The van der Waals surface area contributed by atoms with Crippen LogP contribution < -0.4 is 5.32 Å². The number of amides is 1. The number of aliphatic carboxylic acids is 1. The van der Waals surface area contributed by atoms with Gasteiger partial charge in [0.25, 0.3) is 0 Å². The number of nitrogens with one attached hydrogen (secondary N) is 2. The van der Waals surface area contributed by atoms with Gasteiger partial charge in [-0.25, -0.2) is 4.98 Å². The Balaban J connectivity index is 2.33. The maximum Gasteiger partial charge on any atom is 0.310 e. The fraction of sp³-hybridized carbons (Fsp3) is 0.692. The van der Waals surface area contributed by atoms with Crippen molar-refractivity contribution in [3.63, 3.8) is 0 Å². The molecule has 3 N–H and O–H groups in total. The van der Waals surface area contributed by atoms with Gasteiger partial charge in [0.1, 0.15) is 12.2 Å². The van der Waals surface area contributed by atoms with Gasteiger partial charge in [0.2, 0.25) is 5.91 Å². The summed E-state index contributed by atoms with van der Waals surface area (Å²) >= 11 is 0. The van der Waals surface area contributed by atoms with E-state index < -0.39 is 11.4 Å². The van der Waals surface area contributed by atoms with Gasteiger partial charge < -0.3 is 10.4 Å². The number of carbonyl (C=O) groups excluding carboxylic acids is 1. The fourth-order valence-corrected chi connectivity index (χ4v) is 2.08. The van der Waals surface area contributed by atoms with E-state index in [-0.39, 0.29) is 12.3 Å². The second kappa shape index (κ2) is 7.62. The molecule has 0 aliphatic rings. The first kappa shape index (κ1) is 16.1. The lowest BCUT2D eigenvalue weighted by molar-refractivity contribution is -0.152. The zero-order valence-electron chi connectivity index (χ0n) is 12.0. The molecule has 0 spiro atoms. The second-order valence-electron chi connectivity index (χ2n) is 4.86. The highest BCUT2D eigenvalue weighted by molar-refractivity contribution is 5.84. The molecule has 0 unspecified atom stereocenters. The zero-order valence-corrected chi connectivity index (χ0v) is 12.0. The van der Waals surface area contributed by atoms with Crippen LogP contribution in [0.5, 0.6) is 0 Å². The van der Waals surface area contributed by atoms with Gasteiger partial charge in [-0.05, 0) is 19.3 Å². The lowest BCUT2D eigenvalue weighted by Crippen LogP contribution is -2.37. The Kier molecular flexibility index (Phi) is 6.14. The van der Waals surface area contributed by atoms with Crippen LogP contribution in [0.4, 0.5) is 0 Å². The molecule has 20 heavy (non-hydrogen) atoms. The summed E-state index contributed by atoms with van der Waals surface area (Å²) in [6.07, 6.45) is 3.80. The molecule has 1 heterocycles. The van der Waals surface area contributed by atoms with Crippen LogP contribution in [0.25, 0.3) is 0 Å². The number of carboxylic acids is 1. The fourth-order valence-electron chi connectivity index (χ4n) is 2.08. The van der Waals surface area contributed by atoms with Gasteiger partial charge in [-0.1, -0.05) is 13.8 Å². The number of aromatic amines is 1. The maximum absolute atomic E-state index is 11.8. The topological polar surface area (TPSA) is 108 Å². The van der Waals surface area contributed by atoms with E-state index in [4.69, 9.17) is 0 Å². The largest absolute Gasteiger partial charge is 0.481 e. The van der Waals surface area contributed by atoms with E-state index in [1.54, 1.807) is 13.8 Å². The van der Waals surface area contributed by atoms with Gasteiger partial charge in [0.05, 0.1) is 5.41 Å². The summed E-state index contributed by atoms with van der Waals surface area (Å²) in [5.41, 5.74) is -0.949. The van der Waals surface area contributed by atoms with E-state index in [1.807, 2.05) is 0 Å². The summed E-state index contributed by atoms with van der Waals surface area (Å²) in [4.78, 5) is 27.1. The van der Waals surface area contributed by atoms with E-state index in [1.165, 1.54) is 6.33 Å². The second-order valence-corrected chi connectivity index (χ2v) is 4.86. The van der Waals surface area contributed by atoms with Crippen LogP contribution in [0, 0.1) is 5.41 Å². The number of carboxylic acid groups (broad SMARTS) is 1. The molecular weight excluding hydrogens is 260 g/mol. The molecule has 1 rings (SSSR count). The molecule has 7 heteroatoms. The third kappa shape index (κ3) is 4.32. The Bertz CT molecular complexity index is 427. The van der Waals surface area contributed by atoms with E-state index >= 15 is 0 Å². The number of nitrogens with zero attached hydrogens (tertiary/aromatic N) is 2. The first-order chi connectivity index (χ1) is 9.54. The van der Waals surface area contributed by atoms with Crippen molar-refractivity contribution in [2.24, 2.45) is 5.41 Å². The van der Waals surface area contributed by atoms with E-state index in [9.17, 15) is 14.7 Å². The molecule has 1 amide bonds. The van der Waals surface area contributed by atoms with Crippen molar-refractivity contribution in [1.29, 1.82) is 0 Å². The predicted octanol–water partition coefficient (Wildman–Crippen LogP) is 1.13. The zero-order chi connectivity index (χ0) is 15.0. The molecule has 0 fully saturated rings. The minimum Gasteiger partial charge on any atom is -0.481 e. The third-order valence-corrected chi connectivity index (χ3v) is 3.68. The number of hydrogen-bond donors (Lipinski definition) is 3. The molecule has 0 atom stereocenters. The van der Waals surface area contributed by atoms with Crippen LogP contribution in [0.3, 0.4) is 0 Å². The quantitative estimate of drug-likeness (QED) is 0.588. The van der Waals surface area contributed by atoms with Gasteiger partial charge in [0.15, 0.2) is 0 Å². The number of hydrogen-bond acceptors (Lipinski definition) is 4. The van der Waals surface area contributed by atoms with Crippen molar-refractivity contribution < 1.29 is 14.7 Å². The highest BCUT2D eigenvalue weighted by atomic mass is 16.4. The number of aromatic nitrogens is 3. The molecule has 0 saturated heterocycles. The summed E-state index contributed by atoms with van der Waals surface area (Å²) in [7, 11) is 0. The molecule has 0 aliphatic heterocycles. The van der Waals surface area contributed by atoms with Gasteiger partial charge >= 0.3 is 5.97 Å². The van der Waals surface area contributed by atoms with E-state index in [0.29, 0.717) is 25.8 Å². The highest BCUT2D eigenvalue weighted by Gasteiger charge is 2.36. The summed E-state index contributed by atoms with van der Waals surface area (Å²) in [6, 6.07) is 0. The van der Waals surface area contributed by atoms with Gasteiger partial charge in [0, 0.05) is 19.4 Å². The molecule has 1 aromatic heterocycles. The lowest BCUT2D eigenvalue weighted by atomic mass is 9.79. The lowest BCUT2D eigenvalue weighted by Gasteiger charge is -2.25. The van der Waals surface area contributed by atoms with Crippen LogP contribution in [-0.2, 0) is 16.0 Å².